The van der Waals surface area contributed by atoms with Gasteiger partial charge in [0.1, 0.15) is 0 Å². The molecule has 3 aromatic rings. The van der Waals surface area contributed by atoms with Gasteiger partial charge in [0.25, 0.3) is 0 Å². The van der Waals surface area contributed by atoms with Crippen LogP contribution in [0.15, 0.2) is 68.9 Å². The van der Waals surface area contributed by atoms with E-state index in [0.29, 0.717) is 36.8 Å². The van der Waals surface area contributed by atoms with Crippen LogP contribution in [-0.2, 0) is 14.6 Å². The van der Waals surface area contributed by atoms with Crippen molar-refractivity contribution in [3.05, 3.63) is 59.6 Å². The number of nitrogens with zero attached hydrogens (tertiary/aromatic N) is 3. The summed E-state index contributed by atoms with van der Waals surface area (Å²) in [5.74, 6) is 0.683. The van der Waals surface area contributed by atoms with Gasteiger partial charge in [0.05, 0.1) is 15.5 Å². The van der Waals surface area contributed by atoms with Gasteiger partial charge in [-0.1, -0.05) is 41.9 Å². The lowest BCUT2D eigenvalue weighted by Gasteiger charge is -2.34. The van der Waals surface area contributed by atoms with Crippen LogP contribution in [0.2, 0.25) is 5.02 Å². The van der Waals surface area contributed by atoms with Gasteiger partial charge in [-0.15, -0.1) is 0 Å². The Morgan fingerprint density at radius 1 is 0.969 bits per heavy atom. The lowest BCUT2D eigenvalue weighted by Crippen LogP contribution is -2.49. The molecule has 0 atom stereocenters. The molecule has 2 aliphatic rings. The zero-order valence-corrected chi connectivity index (χ0v) is 18.8. The smallest absolute Gasteiger partial charge is 0.236 e. The Labute approximate surface area is 191 Å². The van der Waals surface area contributed by atoms with Gasteiger partial charge in [0.2, 0.25) is 32.5 Å². The zero-order chi connectivity index (χ0) is 22.3. The highest BCUT2D eigenvalue weighted by Gasteiger charge is 2.37. The van der Waals surface area contributed by atoms with Gasteiger partial charge in [-0.05, 0) is 37.1 Å². The predicted molar refractivity (Wildman–Crippen MR) is 120 cm³/mol. The van der Waals surface area contributed by atoms with Crippen molar-refractivity contribution in [2.24, 2.45) is 5.92 Å². The molecule has 2 heterocycles. The average molecular weight is 472 g/mol. The Bertz CT molecular complexity index is 1250. The third-order valence-electron chi connectivity index (χ3n) is 5.80. The van der Waals surface area contributed by atoms with E-state index in [1.807, 2.05) is 9.80 Å². The molecule has 166 valence electrons. The fourth-order valence-corrected chi connectivity index (χ4v) is 5.41. The number of aromatic nitrogens is 1. The molecule has 2 aromatic carbocycles. The van der Waals surface area contributed by atoms with Gasteiger partial charge in [0, 0.05) is 32.1 Å². The molecule has 7 nitrogen and oxygen atoms in total. The van der Waals surface area contributed by atoms with Gasteiger partial charge < -0.3 is 14.2 Å². The van der Waals surface area contributed by atoms with Crippen molar-refractivity contribution in [1.82, 2.24) is 9.88 Å². The van der Waals surface area contributed by atoms with Crippen molar-refractivity contribution in [2.45, 2.75) is 22.8 Å². The Kier molecular flexibility index (Phi) is 5.43. The monoisotopic (exact) mass is 471 g/mol. The molecule has 0 spiro atoms. The Morgan fingerprint density at radius 3 is 2.28 bits per heavy atom. The molecule has 0 N–H and O–H groups in total. The highest BCUT2D eigenvalue weighted by Crippen LogP contribution is 2.37. The first-order valence-electron chi connectivity index (χ1n) is 10.5. The largest absolute Gasteiger partial charge is 0.419 e. The van der Waals surface area contributed by atoms with Crippen LogP contribution in [0, 0.1) is 5.92 Å². The van der Waals surface area contributed by atoms with Crippen molar-refractivity contribution < 1.29 is 17.6 Å². The van der Waals surface area contributed by atoms with Crippen LogP contribution in [0.25, 0.3) is 11.5 Å². The van der Waals surface area contributed by atoms with Gasteiger partial charge in [-0.3, -0.25) is 4.79 Å². The van der Waals surface area contributed by atoms with E-state index in [-0.39, 0.29) is 33.5 Å². The normalized spacial score (nSPS) is 16.9. The third kappa shape index (κ3) is 3.89. The van der Waals surface area contributed by atoms with Crippen molar-refractivity contribution in [2.75, 3.05) is 31.1 Å². The van der Waals surface area contributed by atoms with Gasteiger partial charge >= 0.3 is 0 Å². The third-order valence-corrected chi connectivity index (χ3v) is 7.79. The molecule has 1 amide bonds. The summed E-state index contributed by atoms with van der Waals surface area (Å²) >= 11 is 6.32. The summed E-state index contributed by atoms with van der Waals surface area (Å²) in [6, 6.07) is 15.2. The molecular formula is C23H22ClN3O4S. The van der Waals surface area contributed by atoms with Crippen molar-refractivity contribution in [3.63, 3.8) is 0 Å². The Balaban J connectivity index is 1.52. The fraction of sp³-hybridized carbons (Fsp3) is 0.304. The van der Waals surface area contributed by atoms with Crippen LogP contribution in [0.4, 0.5) is 5.88 Å². The number of carbonyl (C=O) groups is 1. The molecule has 1 aliphatic heterocycles. The second kappa shape index (κ2) is 8.26. The number of sulfone groups is 1. The highest BCUT2D eigenvalue weighted by atomic mass is 35.5. The quantitative estimate of drug-likeness (QED) is 0.561. The molecular weight excluding hydrogens is 450 g/mol. The van der Waals surface area contributed by atoms with Crippen LogP contribution >= 0.6 is 11.6 Å². The van der Waals surface area contributed by atoms with E-state index in [9.17, 15) is 13.2 Å². The summed E-state index contributed by atoms with van der Waals surface area (Å²) in [5, 5.41) is 0.282. The minimum absolute atomic E-state index is 0.138. The molecule has 1 saturated heterocycles. The standard InChI is InChI=1S/C23H22ClN3O4S/c24-19-9-5-4-8-18(19)20-25-21(32(29,30)17-6-2-1-3-7-17)23(31-20)27-14-12-26(13-15-27)22(28)16-10-11-16/h1-9,16H,10-15H2. The number of oxazole rings is 1. The first kappa shape index (κ1) is 21.0. The Morgan fingerprint density at radius 2 is 1.62 bits per heavy atom. The number of halogens is 1. The zero-order valence-electron chi connectivity index (χ0n) is 17.3. The summed E-state index contributed by atoms with van der Waals surface area (Å²) in [7, 11) is -3.92. The predicted octanol–water partition coefficient (Wildman–Crippen LogP) is 3.89. The second-order valence-corrected chi connectivity index (χ2v) is 10.3. The van der Waals surface area contributed by atoms with Crippen LogP contribution < -0.4 is 4.90 Å². The molecule has 1 aromatic heterocycles. The van der Waals surface area contributed by atoms with E-state index >= 15 is 0 Å². The van der Waals surface area contributed by atoms with E-state index in [1.54, 1.807) is 42.5 Å². The minimum atomic E-state index is -3.92. The maximum Gasteiger partial charge on any atom is 0.236 e. The lowest BCUT2D eigenvalue weighted by molar-refractivity contribution is -0.132. The molecule has 0 unspecified atom stereocenters. The molecule has 32 heavy (non-hydrogen) atoms. The van der Waals surface area contributed by atoms with Crippen LogP contribution in [0.1, 0.15) is 12.8 Å². The summed E-state index contributed by atoms with van der Waals surface area (Å²) in [6.07, 6.45) is 1.92. The number of amides is 1. The molecule has 0 radical (unpaired) electrons. The average Bonchev–Trinajstić information content (AvgIpc) is 3.57. The maximum atomic E-state index is 13.5. The number of carbonyl (C=O) groups excluding carboxylic acids is 1. The SMILES string of the molecule is O=C(C1CC1)N1CCN(c2oc(-c3ccccc3Cl)nc2S(=O)(=O)c2ccccc2)CC1. The number of anilines is 1. The number of hydrogen-bond acceptors (Lipinski definition) is 6. The van der Waals surface area contributed by atoms with Crippen molar-refractivity contribution in [1.29, 1.82) is 0 Å². The second-order valence-electron chi connectivity index (χ2n) is 8.01. The highest BCUT2D eigenvalue weighted by molar-refractivity contribution is 7.91. The molecule has 5 rings (SSSR count). The number of benzene rings is 2. The molecule has 9 heteroatoms. The minimum Gasteiger partial charge on any atom is -0.419 e. The first-order chi connectivity index (χ1) is 15.4. The molecule has 1 aliphatic carbocycles. The van der Waals surface area contributed by atoms with Crippen LogP contribution in [0.5, 0.6) is 0 Å². The van der Waals surface area contributed by atoms with E-state index in [2.05, 4.69) is 4.98 Å². The van der Waals surface area contributed by atoms with Crippen LogP contribution in [0.3, 0.4) is 0 Å². The lowest BCUT2D eigenvalue weighted by atomic mass is 10.2. The van der Waals surface area contributed by atoms with E-state index in [0.717, 1.165) is 12.8 Å². The molecule has 1 saturated carbocycles. The number of rotatable bonds is 5. The summed E-state index contributed by atoms with van der Waals surface area (Å²) in [5.41, 5.74) is 0.521. The van der Waals surface area contributed by atoms with E-state index < -0.39 is 9.84 Å². The van der Waals surface area contributed by atoms with Crippen molar-refractivity contribution >= 4 is 33.2 Å². The van der Waals surface area contributed by atoms with Gasteiger partial charge in [-0.2, -0.15) is 4.98 Å². The first-order valence-corrected chi connectivity index (χ1v) is 12.4. The maximum absolute atomic E-state index is 13.5. The van der Waals surface area contributed by atoms with Crippen LogP contribution in [-0.4, -0.2) is 50.4 Å². The summed E-state index contributed by atoms with van der Waals surface area (Å²) < 4.78 is 32.9. The Hall–Kier alpha value is -2.84. The van der Waals surface area contributed by atoms with E-state index in [1.165, 1.54) is 12.1 Å². The van der Waals surface area contributed by atoms with Crippen molar-refractivity contribution in [3.8, 4) is 11.5 Å². The molecule has 2 fully saturated rings. The van der Waals surface area contributed by atoms with Gasteiger partial charge in [0.15, 0.2) is 0 Å². The number of hydrogen-bond donors (Lipinski definition) is 0. The number of piperazine rings is 1. The molecule has 0 bridgehead atoms. The van der Waals surface area contributed by atoms with E-state index in [4.69, 9.17) is 16.0 Å². The van der Waals surface area contributed by atoms with Gasteiger partial charge in [-0.25, -0.2) is 8.42 Å². The topological polar surface area (TPSA) is 83.7 Å². The fourth-order valence-electron chi connectivity index (χ4n) is 3.85. The summed E-state index contributed by atoms with van der Waals surface area (Å²) in [6.45, 7) is 1.96. The summed E-state index contributed by atoms with van der Waals surface area (Å²) in [4.78, 5) is 20.6.